The van der Waals surface area contributed by atoms with E-state index in [1.54, 1.807) is 0 Å². The van der Waals surface area contributed by atoms with Gasteiger partial charge in [0.15, 0.2) is 0 Å². The molecule has 1 aromatic heterocycles. The van der Waals surface area contributed by atoms with Crippen LogP contribution in [-0.4, -0.2) is 9.78 Å². The third-order valence-corrected chi connectivity index (χ3v) is 4.36. The Morgan fingerprint density at radius 3 is 2.85 bits per heavy atom. The highest BCUT2D eigenvalue weighted by Crippen LogP contribution is 2.22. The largest absolute Gasteiger partial charge is 0.305 e. The van der Waals surface area contributed by atoms with Crippen molar-refractivity contribution < 1.29 is 0 Å². The highest BCUT2D eigenvalue weighted by atomic mass is 79.9. The van der Waals surface area contributed by atoms with E-state index in [1.165, 1.54) is 5.56 Å². The fourth-order valence-electron chi connectivity index (χ4n) is 2.18. The molecule has 3 nitrogen and oxygen atoms in total. The molecule has 0 saturated carbocycles. The molecule has 0 spiro atoms. The lowest BCUT2D eigenvalue weighted by molar-refractivity contribution is 0.531. The van der Waals surface area contributed by atoms with Gasteiger partial charge in [0.25, 0.3) is 0 Å². The first-order valence-electron chi connectivity index (χ1n) is 6.73. The van der Waals surface area contributed by atoms with Gasteiger partial charge in [-0.2, -0.15) is 5.10 Å². The van der Waals surface area contributed by atoms with Crippen molar-refractivity contribution in [2.24, 2.45) is 0 Å². The van der Waals surface area contributed by atoms with Gasteiger partial charge in [0, 0.05) is 23.6 Å². The lowest BCUT2D eigenvalue weighted by atomic mass is 10.1. The molecule has 1 atom stereocenters. The van der Waals surface area contributed by atoms with Crippen LogP contribution in [0.15, 0.2) is 28.7 Å². The van der Waals surface area contributed by atoms with Crippen LogP contribution in [0.4, 0.5) is 0 Å². The molecule has 5 heteroatoms. The summed E-state index contributed by atoms with van der Waals surface area (Å²) in [4.78, 5) is 0. The molecular weight excluding hydrogens is 338 g/mol. The van der Waals surface area contributed by atoms with Crippen LogP contribution in [0.2, 0.25) is 5.02 Å². The molecule has 1 N–H and O–H groups in total. The molecule has 108 valence electrons. The van der Waals surface area contributed by atoms with Crippen LogP contribution in [0.1, 0.15) is 36.8 Å². The van der Waals surface area contributed by atoms with Crippen LogP contribution in [0.25, 0.3) is 0 Å². The van der Waals surface area contributed by atoms with E-state index in [2.05, 4.69) is 52.3 Å². The standard InChI is InChI=1S/C15H19BrClN3/c1-4-20-14(15(17)11(3)19-20)9-18-10(2)12-6-5-7-13(16)8-12/h5-8,10,18H,4,9H2,1-3H3/t10-/m0/s1. The fourth-order valence-corrected chi connectivity index (χ4v) is 2.80. The molecule has 0 bridgehead atoms. The molecule has 0 aliphatic heterocycles. The Bertz CT molecular complexity index is 595. The van der Waals surface area contributed by atoms with Crippen LogP contribution < -0.4 is 5.32 Å². The number of benzene rings is 1. The van der Waals surface area contributed by atoms with Crippen molar-refractivity contribution in [3.05, 3.63) is 50.7 Å². The number of hydrogen-bond donors (Lipinski definition) is 1. The van der Waals surface area contributed by atoms with Gasteiger partial charge in [-0.15, -0.1) is 0 Å². The van der Waals surface area contributed by atoms with E-state index in [9.17, 15) is 0 Å². The Morgan fingerprint density at radius 1 is 1.45 bits per heavy atom. The second kappa shape index (κ2) is 6.74. The normalized spacial score (nSPS) is 12.7. The van der Waals surface area contributed by atoms with Crippen molar-refractivity contribution in [1.82, 2.24) is 15.1 Å². The minimum Gasteiger partial charge on any atom is -0.305 e. The van der Waals surface area contributed by atoms with Gasteiger partial charge in [0.1, 0.15) is 0 Å². The second-order valence-electron chi connectivity index (χ2n) is 4.82. The smallest absolute Gasteiger partial charge is 0.0860 e. The highest BCUT2D eigenvalue weighted by molar-refractivity contribution is 9.10. The van der Waals surface area contributed by atoms with Crippen molar-refractivity contribution in [3.63, 3.8) is 0 Å². The number of hydrogen-bond acceptors (Lipinski definition) is 2. The van der Waals surface area contributed by atoms with Crippen molar-refractivity contribution in [1.29, 1.82) is 0 Å². The molecule has 0 aliphatic carbocycles. The van der Waals surface area contributed by atoms with E-state index in [1.807, 2.05) is 23.7 Å². The zero-order valence-electron chi connectivity index (χ0n) is 12.0. The lowest BCUT2D eigenvalue weighted by Crippen LogP contribution is -2.20. The van der Waals surface area contributed by atoms with Crippen LogP contribution in [0.5, 0.6) is 0 Å². The van der Waals surface area contributed by atoms with Crippen molar-refractivity contribution in [3.8, 4) is 0 Å². The Hall–Kier alpha value is -0.840. The van der Waals surface area contributed by atoms with E-state index < -0.39 is 0 Å². The average Bonchev–Trinajstić information content (AvgIpc) is 2.71. The fraction of sp³-hybridized carbons (Fsp3) is 0.400. The maximum atomic E-state index is 6.32. The van der Waals surface area contributed by atoms with E-state index in [4.69, 9.17) is 11.6 Å². The number of nitrogens with one attached hydrogen (secondary N) is 1. The Labute approximate surface area is 133 Å². The zero-order chi connectivity index (χ0) is 14.7. The Kier molecular flexibility index (Phi) is 5.24. The summed E-state index contributed by atoms with van der Waals surface area (Å²) in [6, 6.07) is 8.57. The van der Waals surface area contributed by atoms with Crippen molar-refractivity contribution in [2.45, 2.75) is 39.9 Å². The first kappa shape index (κ1) is 15.5. The van der Waals surface area contributed by atoms with Crippen LogP contribution in [0, 0.1) is 6.92 Å². The van der Waals surface area contributed by atoms with Crippen LogP contribution in [-0.2, 0) is 13.1 Å². The molecule has 2 rings (SSSR count). The van der Waals surface area contributed by atoms with E-state index in [0.717, 1.165) is 27.4 Å². The predicted molar refractivity (Wildman–Crippen MR) is 87.0 cm³/mol. The summed E-state index contributed by atoms with van der Waals surface area (Å²) in [5, 5.41) is 8.70. The number of nitrogens with zero attached hydrogens (tertiary/aromatic N) is 2. The quantitative estimate of drug-likeness (QED) is 0.856. The summed E-state index contributed by atoms with van der Waals surface area (Å²) in [7, 11) is 0. The van der Waals surface area contributed by atoms with Gasteiger partial charge in [-0.1, -0.05) is 39.7 Å². The summed E-state index contributed by atoms with van der Waals surface area (Å²) in [5.74, 6) is 0. The summed E-state index contributed by atoms with van der Waals surface area (Å²) in [6.07, 6.45) is 0. The molecule has 0 aliphatic rings. The van der Waals surface area contributed by atoms with E-state index >= 15 is 0 Å². The minimum atomic E-state index is 0.254. The third kappa shape index (κ3) is 3.43. The lowest BCUT2D eigenvalue weighted by Gasteiger charge is -2.15. The van der Waals surface area contributed by atoms with Crippen LogP contribution in [0.3, 0.4) is 0 Å². The summed E-state index contributed by atoms with van der Waals surface area (Å²) >= 11 is 9.82. The van der Waals surface area contributed by atoms with Crippen molar-refractivity contribution in [2.75, 3.05) is 0 Å². The molecule has 0 saturated heterocycles. The molecule has 2 aromatic rings. The van der Waals surface area contributed by atoms with Gasteiger partial charge in [-0.3, -0.25) is 4.68 Å². The highest BCUT2D eigenvalue weighted by Gasteiger charge is 2.13. The molecule has 1 heterocycles. The SMILES string of the molecule is CCn1nc(C)c(Cl)c1CN[C@@H](C)c1cccc(Br)c1. The summed E-state index contributed by atoms with van der Waals surface area (Å²) in [5.41, 5.74) is 3.18. The molecule has 0 amide bonds. The Balaban J connectivity index is 2.09. The maximum absolute atomic E-state index is 6.32. The number of halogens is 2. The molecule has 0 unspecified atom stereocenters. The van der Waals surface area contributed by atoms with Gasteiger partial charge in [-0.05, 0) is 38.5 Å². The first-order chi connectivity index (χ1) is 9.52. The molecule has 20 heavy (non-hydrogen) atoms. The van der Waals surface area contributed by atoms with Gasteiger partial charge < -0.3 is 5.32 Å². The first-order valence-corrected chi connectivity index (χ1v) is 7.90. The zero-order valence-corrected chi connectivity index (χ0v) is 14.3. The number of aromatic nitrogens is 2. The van der Waals surface area contributed by atoms with Gasteiger partial charge in [0.05, 0.1) is 16.4 Å². The third-order valence-electron chi connectivity index (χ3n) is 3.38. The minimum absolute atomic E-state index is 0.254. The number of aryl methyl sites for hydroxylation is 2. The molecule has 1 aromatic carbocycles. The molecule has 0 radical (unpaired) electrons. The van der Waals surface area contributed by atoms with E-state index in [0.29, 0.717) is 6.54 Å². The predicted octanol–water partition coefficient (Wildman–Crippen LogP) is 4.48. The number of rotatable bonds is 5. The topological polar surface area (TPSA) is 29.9 Å². The van der Waals surface area contributed by atoms with Crippen molar-refractivity contribution >= 4 is 27.5 Å². The van der Waals surface area contributed by atoms with Crippen LogP contribution >= 0.6 is 27.5 Å². The molecule has 0 fully saturated rings. The molecular formula is C15H19BrClN3. The average molecular weight is 357 g/mol. The summed E-state index contributed by atoms with van der Waals surface area (Å²) < 4.78 is 3.05. The van der Waals surface area contributed by atoms with E-state index in [-0.39, 0.29) is 6.04 Å². The monoisotopic (exact) mass is 355 g/mol. The summed E-state index contributed by atoms with van der Waals surface area (Å²) in [6.45, 7) is 7.70. The maximum Gasteiger partial charge on any atom is 0.0860 e. The van der Waals surface area contributed by atoms with Gasteiger partial charge in [-0.25, -0.2) is 0 Å². The van der Waals surface area contributed by atoms with Gasteiger partial charge in [0.2, 0.25) is 0 Å². The Morgan fingerprint density at radius 2 is 2.20 bits per heavy atom. The van der Waals surface area contributed by atoms with Gasteiger partial charge >= 0.3 is 0 Å². The second-order valence-corrected chi connectivity index (χ2v) is 6.11.